The highest BCUT2D eigenvalue weighted by atomic mass is 16.5. The zero-order valence-corrected chi connectivity index (χ0v) is 13.0. The van der Waals surface area contributed by atoms with Gasteiger partial charge < -0.3 is 15.0 Å². The molecular formula is C18H26N2O. The number of benzene rings is 1. The summed E-state index contributed by atoms with van der Waals surface area (Å²) in [6, 6.07) is 7.84. The van der Waals surface area contributed by atoms with Crippen molar-refractivity contribution in [2.45, 2.75) is 44.2 Å². The van der Waals surface area contributed by atoms with Crippen LogP contribution < -0.4 is 10.1 Å². The first kappa shape index (κ1) is 13.6. The van der Waals surface area contributed by atoms with Gasteiger partial charge in [0.1, 0.15) is 5.75 Å². The first-order chi connectivity index (χ1) is 10.3. The average molecular weight is 286 g/mol. The van der Waals surface area contributed by atoms with E-state index in [9.17, 15) is 0 Å². The molecule has 0 aromatic heterocycles. The van der Waals surface area contributed by atoms with Crippen molar-refractivity contribution in [3.8, 4) is 5.75 Å². The Kier molecular flexibility index (Phi) is 3.64. The number of nitrogens with one attached hydrogen (secondary N) is 1. The van der Waals surface area contributed by atoms with Crippen LogP contribution in [-0.2, 0) is 12.8 Å². The van der Waals surface area contributed by atoms with E-state index in [4.69, 9.17) is 4.74 Å². The molecule has 1 aromatic rings. The molecular weight excluding hydrogens is 260 g/mol. The number of hydrogen-bond acceptors (Lipinski definition) is 3. The van der Waals surface area contributed by atoms with Crippen LogP contribution in [0.3, 0.4) is 0 Å². The van der Waals surface area contributed by atoms with Crippen molar-refractivity contribution in [1.82, 2.24) is 10.2 Å². The number of piperidine rings is 3. The largest absolute Gasteiger partial charge is 0.496 e. The van der Waals surface area contributed by atoms with Gasteiger partial charge in [-0.25, -0.2) is 0 Å². The molecule has 5 rings (SSSR count). The summed E-state index contributed by atoms with van der Waals surface area (Å²) in [7, 11) is 1.79. The molecule has 1 aromatic carbocycles. The third-order valence-electron chi connectivity index (χ3n) is 5.77. The van der Waals surface area contributed by atoms with Crippen LogP contribution in [0.2, 0.25) is 0 Å². The molecule has 3 fully saturated rings. The second kappa shape index (κ2) is 5.62. The van der Waals surface area contributed by atoms with Crippen molar-refractivity contribution in [2.24, 2.45) is 5.92 Å². The van der Waals surface area contributed by atoms with Gasteiger partial charge in [-0.05, 0) is 68.3 Å². The maximum atomic E-state index is 5.56. The van der Waals surface area contributed by atoms with Crippen molar-refractivity contribution in [3.05, 3.63) is 29.3 Å². The van der Waals surface area contributed by atoms with E-state index in [1.165, 1.54) is 56.4 Å². The summed E-state index contributed by atoms with van der Waals surface area (Å²) in [5.74, 6) is 1.99. The van der Waals surface area contributed by atoms with Crippen LogP contribution in [0.25, 0.3) is 0 Å². The van der Waals surface area contributed by atoms with Gasteiger partial charge >= 0.3 is 0 Å². The van der Waals surface area contributed by atoms with Crippen molar-refractivity contribution in [3.63, 3.8) is 0 Å². The maximum absolute atomic E-state index is 5.56. The Bertz CT molecular complexity index is 494. The predicted octanol–water partition coefficient (Wildman–Crippen LogP) is 2.24. The molecule has 114 valence electrons. The lowest BCUT2D eigenvalue weighted by Crippen LogP contribution is -2.58. The normalized spacial score (nSPS) is 34.5. The zero-order valence-electron chi connectivity index (χ0n) is 13.0. The molecule has 1 N–H and O–H groups in total. The maximum Gasteiger partial charge on any atom is 0.122 e. The second-order valence-electron chi connectivity index (χ2n) is 6.95. The van der Waals surface area contributed by atoms with Gasteiger partial charge in [-0.1, -0.05) is 12.1 Å². The predicted molar refractivity (Wildman–Crippen MR) is 84.9 cm³/mol. The molecule has 0 saturated carbocycles. The second-order valence-corrected chi connectivity index (χ2v) is 6.95. The standard InChI is InChI=1S/C18H26N2O/c1-21-18-4-2-3-13-5-6-15(11-16(13)18)19-17-12-20-9-7-14(17)8-10-20/h2-4,14-15,17,19H,5-12H2,1H3. The van der Waals surface area contributed by atoms with Crippen LogP contribution in [0, 0.1) is 5.92 Å². The van der Waals surface area contributed by atoms with Gasteiger partial charge in [0.15, 0.2) is 0 Å². The minimum Gasteiger partial charge on any atom is -0.496 e. The van der Waals surface area contributed by atoms with Gasteiger partial charge in [0.25, 0.3) is 0 Å². The molecule has 0 radical (unpaired) electrons. The van der Waals surface area contributed by atoms with E-state index in [1.807, 2.05) is 0 Å². The molecule has 2 unspecified atom stereocenters. The van der Waals surface area contributed by atoms with Gasteiger partial charge in [0, 0.05) is 18.6 Å². The molecule has 0 spiro atoms. The van der Waals surface area contributed by atoms with Crippen molar-refractivity contribution in [2.75, 3.05) is 26.7 Å². The first-order valence-corrected chi connectivity index (χ1v) is 8.46. The lowest BCUT2D eigenvalue weighted by atomic mass is 9.82. The monoisotopic (exact) mass is 286 g/mol. The first-order valence-electron chi connectivity index (χ1n) is 8.46. The van der Waals surface area contributed by atoms with Gasteiger partial charge in [0.2, 0.25) is 0 Å². The number of hydrogen-bond donors (Lipinski definition) is 1. The summed E-state index contributed by atoms with van der Waals surface area (Å²) < 4.78 is 5.56. The molecule has 0 amide bonds. The average Bonchev–Trinajstić information content (AvgIpc) is 2.55. The SMILES string of the molecule is COc1cccc2c1CC(NC1CN3CCC1CC3)CC2. The topological polar surface area (TPSA) is 24.5 Å². The molecule has 21 heavy (non-hydrogen) atoms. The summed E-state index contributed by atoms with van der Waals surface area (Å²) >= 11 is 0. The van der Waals surface area contributed by atoms with Crippen molar-refractivity contribution >= 4 is 0 Å². The Morgan fingerprint density at radius 1 is 1.19 bits per heavy atom. The minimum atomic E-state index is 0.624. The van der Waals surface area contributed by atoms with Crippen LogP contribution in [0.5, 0.6) is 5.75 Å². The molecule has 3 nitrogen and oxygen atoms in total. The fourth-order valence-corrected chi connectivity index (χ4v) is 4.55. The highest BCUT2D eigenvalue weighted by Gasteiger charge is 2.35. The zero-order chi connectivity index (χ0) is 14.2. The Morgan fingerprint density at radius 2 is 2.05 bits per heavy atom. The van der Waals surface area contributed by atoms with Crippen LogP contribution in [0.4, 0.5) is 0 Å². The molecule has 4 aliphatic rings. The molecule has 1 aliphatic carbocycles. The third-order valence-corrected chi connectivity index (χ3v) is 5.77. The van der Waals surface area contributed by atoms with E-state index in [2.05, 4.69) is 28.4 Å². The number of rotatable bonds is 3. The third kappa shape index (κ3) is 2.58. The van der Waals surface area contributed by atoms with Crippen LogP contribution >= 0.6 is 0 Å². The molecule has 3 saturated heterocycles. The fraction of sp³-hybridized carbons (Fsp3) is 0.667. The summed E-state index contributed by atoms with van der Waals surface area (Å²) in [4.78, 5) is 2.63. The van der Waals surface area contributed by atoms with Crippen LogP contribution in [0.1, 0.15) is 30.4 Å². The summed E-state index contributed by atoms with van der Waals surface area (Å²) in [6.07, 6.45) is 6.37. The fourth-order valence-electron chi connectivity index (χ4n) is 4.55. The number of fused-ring (bicyclic) bond motifs is 4. The Labute approximate surface area is 127 Å². The molecule has 3 heteroatoms. The Morgan fingerprint density at radius 3 is 2.76 bits per heavy atom. The summed E-state index contributed by atoms with van der Waals surface area (Å²) in [6.45, 7) is 3.91. The quantitative estimate of drug-likeness (QED) is 0.922. The van der Waals surface area contributed by atoms with Crippen molar-refractivity contribution < 1.29 is 4.74 Å². The number of aryl methyl sites for hydroxylation is 1. The number of ether oxygens (including phenoxy) is 1. The summed E-state index contributed by atoms with van der Waals surface area (Å²) in [5, 5.41) is 3.98. The van der Waals surface area contributed by atoms with E-state index in [1.54, 1.807) is 7.11 Å². The lowest BCUT2D eigenvalue weighted by molar-refractivity contribution is 0.0659. The smallest absolute Gasteiger partial charge is 0.122 e. The Hall–Kier alpha value is -1.06. The van der Waals surface area contributed by atoms with Gasteiger partial charge in [-0.2, -0.15) is 0 Å². The van der Waals surface area contributed by atoms with E-state index in [0.29, 0.717) is 12.1 Å². The van der Waals surface area contributed by atoms with Gasteiger partial charge in [-0.15, -0.1) is 0 Å². The van der Waals surface area contributed by atoms with Crippen LogP contribution in [-0.4, -0.2) is 43.7 Å². The van der Waals surface area contributed by atoms with E-state index >= 15 is 0 Å². The molecule has 3 heterocycles. The van der Waals surface area contributed by atoms with Gasteiger partial charge in [0.05, 0.1) is 7.11 Å². The van der Waals surface area contributed by atoms with Crippen LogP contribution in [0.15, 0.2) is 18.2 Å². The highest BCUT2D eigenvalue weighted by molar-refractivity contribution is 5.42. The van der Waals surface area contributed by atoms with E-state index < -0.39 is 0 Å². The molecule has 2 bridgehead atoms. The highest BCUT2D eigenvalue weighted by Crippen LogP contribution is 2.32. The number of nitrogens with zero attached hydrogens (tertiary/aromatic N) is 1. The number of methoxy groups -OCH3 is 1. The van der Waals surface area contributed by atoms with Gasteiger partial charge in [-0.3, -0.25) is 0 Å². The molecule has 3 aliphatic heterocycles. The van der Waals surface area contributed by atoms with E-state index in [-0.39, 0.29) is 0 Å². The molecule has 2 atom stereocenters. The van der Waals surface area contributed by atoms with E-state index in [0.717, 1.165) is 18.1 Å². The Balaban J connectivity index is 1.46. The minimum absolute atomic E-state index is 0.624. The van der Waals surface area contributed by atoms with Crippen molar-refractivity contribution in [1.29, 1.82) is 0 Å². The lowest BCUT2D eigenvalue weighted by Gasteiger charge is -2.46. The summed E-state index contributed by atoms with van der Waals surface area (Å²) in [5.41, 5.74) is 2.92.